The third-order valence-corrected chi connectivity index (χ3v) is 3.53. The third-order valence-electron chi connectivity index (χ3n) is 3.53. The molecule has 1 fully saturated rings. The van der Waals surface area contributed by atoms with E-state index in [1.54, 1.807) is 11.0 Å². The van der Waals surface area contributed by atoms with Crippen molar-refractivity contribution in [2.24, 2.45) is 0 Å². The monoisotopic (exact) mass is 261 g/mol. The first-order valence-corrected chi connectivity index (χ1v) is 6.42. The zero-order valence-corrected chi connectivity index (χ0v) is 10.5. The number of rotatable bonds is 2. The van der Waals surface area contributed by atoms with Crippen LogP contribution in [-0.2, 0) is 14.3 Å². The maximum atomic E-state index is 12.2. The zero-order valence-electron chi connectivity index (χ0n) is 10.5. The maximum absolute atomic E-state index is 12.2. The molecule has 0 radical (unpaired) electrons. The van der Waals surface area contributed by atoms with E-state index >= 15 is 0 Å². The number of morpholine rings is 1. The first-order chi connectivity index (χ1) is 9.25. The summed E-state index contributed by atoms with van der Waals surface area (Å²) in [5.74, 6) is -0.233. The number of carbonyl (C=O) groups is 2. The molecule has 1 aromatic rings. The summed E-state index contributed by atoms with van der Waals surface area (Å²) in [5, 5.41) is 0. The summed E-state index contributed by atoms with van der Waals surface area (Å²) in [6, 6.07) is 7.27. The van der Waals surface area contributed by atoms with Gasteiger partial charge in [-0.05, 0) is 6.07 Å². The van der Waals surface area contributed by atoms with Crippen molar-refractivity contribution in [3.8, 4) is 5.75 Å². The third kappa shape index (κ3) is 2.33. The summed E-state index contributed by atoms with van der Waals surface area (Å²) in [7, 11) is 0. The predicted octanol–water partition coefficient (Wildman–Crippen LogP) is 0.938. The van der Waals surface area contributed by atoms with Gasteiger partial charge in [-0.2, -0.15) is 0 Å². The van der Waals surface area contributed by atoms with E-state index in [1.807, 2.05) is 18.2 Å². The molecule has 19 heavy (non-hydrogen) atoms. The number of hydrogen-bond acceptors (Lipinski definition) is 4. The van der Waals surface area contributed by atoms with Crippen molar-refractivity contribution in [1.29, 1.82) is 0 Å². The number of hydrogen-bond donors (Lipinski definition) is 0. The number of nitrogens with zero attached hydrogens (tertiary/aromatic N) is 1. The van der Waals surface area contributed by atoms with Gasteiger partial charge in [0.1, 0.15) is 5.75 Å². The van der Waals surface area contributed by atoms with Crippen molar-refractivity contribution < 1.29 is 19.1 Å². The average molecular weight is 261 g/mol. The molecule has 100 valence electrons. The second-order valence-electron chi connectivity index (χ2n) is 4.71. The van der Waals surface area contributed by atoms with E-state index in [-0.39, 0.29) is 18.3 Å². The van der Waals surface area contributed by atoms with E-state index < -0.39 is 5.92 Å². The van der Waals surface area contributed by atoms with Gasteiger partial charge in [0.05, 0.1) is 19.1 Å². The lowest BCUT2D eigenvalue weighted by Gasteiger charge is -2.27. The Bertz CT molecular complexity index is 508. The molecule has 0 saturated carbocycles. The van der Waals surface area contributed by atoms with Crippen molar-refractivity contribution in [3.05, 3.63) is 29.8 Å². The number of para-hydroxylation sites is 1. The number of ether oxygens (including phenoxy) is 2. The Balaban J connectivity index is 1.72. The molecule has 1 unspecified atom stereocenters. The van der Waals surface area contributed by atoms with Gasteiger partial charge in [-0.15, -0.1) is 0 Å². The molecular formula is C14H15NO4. The number of carbonyl (C=O) groups excluding carboxylic acids is 2. The van der Waals surface area contributed by atoms with E-state index in [4.69, 9.17) is 9.47 Å². The van der Waals surface area contributed by atoms with Crippen molar-refractivity contribution in [1.82, 2.24) is 4.90 Å². The first-order valence-electron chi connectivity index (χ1n) is 6.42. The maximum Gasteiger partial charge on any atom is 0.319 e. The average Bonchev–Trinajstić information content (AvgIpc) is 2.76. The van der Waals surface area contributed by atoms with Crippen LogP contribution in [0.15, 0.2) is 24.3 Å². The Morgan fingerprint density at radius 3 is 2.79 bits per heavy atom. The molecule has 0 aliphatic carbocycles. The molecule has 1 amide bonds. The van der Waals surface area contributed by atoms with E-state index in [2.05, 4.69) is 0 Å². The smallest absolute Gasteiger partial charge is 0.319 e. The number of benzene rings is 1. The van der Waals surface area contributed by atoms with Crippen LogP contribution in [0.5, 0.6) is 5.75 Å². The molecule has 0 spiro atoms. The van der Waals surface area contributed by atoms with Gasteiger partial charge >= 0.3 is 5.97 Å². The SMILES string of the molecule is O=C1Oc2ccccc2C1CC(=O)N1CCOCC1. The van der Waals surface area contributed by atoms with Crippen LogP contribution in [-0.4, -0.2) is 43.1 Å². The van der Waals surface area contributed by atoms with Gasteiger partial charge in [0.2, 0.25) is 5.91 Å². The van der Waals surface area contributed by atoms with Crippen LogP contribution in [0, 0.1) is 0 Å². The van der Waals surface area contributed by atoms with Gasteiger partial charge in [-0.3, -0.25) is 9.59 Å². The molecular weight excluding hydrogens is 246 g/mol. The van der Waals surface area contributed by atoms with Crippen LogP contribution >= 0.6 is 0 Å². The second kappa shape index (κ2) is 5.01. The number of esters is 1. The fourth-order valence-corrected chi connectivity index (χ4v) is 2.48. The fourth-order valence-electron chi connectivity index (χ4n) is 2.48. The van der Waals surface area contributed by atoms with Crippen molar-refractivity contribution in [2.45, 2.75) is 12.3 Å². The summed E-state index contributed by atoms with van der Waals surface area (Å²) >= 11 is 0. The second-order valence-corrected chi connectivity index (χ2v) is 4.71. The van der Waals surface area contributed by atoms with Gasteiger partial charge in [0.25, 0.3) is 0 Å². The Labute approximate surface area is 111 Å². The minimum Gasteiger partial charge on any atom is -0.426 e. The normalized spacial score (nSPS) is 22.0. The highest BCUT2D eigenvalue weighted by molar-refractivity contribution is 5.91. The fraction of sp³-hybridized carbons (Fsp3) is 0.429. The Kier molecular flexibility index (Phi) is 3.21. The Morgan fingerprint density at radius 1 is 1.26 bits per heavy atom. The van der Waals surface area contributed by atoms with Gasteiger partial charge < -0.3 is 14.4 Å². The molecule has 2 heterocycles. The summed E-state index contributed by atoms with van der Waals surface area (Å²) in [4.78, 5) is 25.8. The van der Waals surface area contributed by atoms with Crippen LogP contribution < -0.4 is 4.74 Å². The highest BCUT2D eigenvalue weighted by Gasteiger charge is 2.35. The van der Waals surface area contributed by atoms with Crippen LogP contribution in [0.2, 0.25) is 0 Å². The van der Waals surface area contributed by atoms with Crippen LogP contribution in [0.3, 0.4) is 0 Å². The lowest BCUT2D eigenvalue weighted by atomic mass is 9.96. The molecule has 0 aromatic heterocycles. The van der Waals surface area contributed by atoms with E-state index in [9.17, 15) is 9.59 Å². The van der Waals surface area contributed by atoms with E-state index in [1.165, 1.54) is 0 Å². The lowest BCUT2D eigenvalue weighted by Crippen LogP contribution is -2.41. The molecule has 3 rings (SSSR count). The highest BCUT2D eigenvalue weighted by atomic mass is 16.5. The minimum absolute atomic E-state index is 0.0121. The van der Waals surface area contributed by atoms with E-state index in [0.29, 0.717) is 32.1 Å². The molecule has 5 nitrogen and oxygen atoms in total. The molecule has 5 heteroatoms. The van der Waals surface area contributed by atoms with Gasteiger partial charge in [-0.1, -0.05) is 18.2 Å². The largest absolute Gasteiger partial charge is 0.426 e. The van der Waals surface area contributed by atoms with Crippen LogP contribution in [0.1, 0.15) is 17.9 Å². The molecule has 0 bridgehead atoms. The zero-order chi connectivity index (χ0) is 13.2. The Morgan fingerprint density at radius 2 is 2.00 bits per heavy atom. The first kappa shape index (κ1) is 12.2. The molecule has 0 N–H and O–H groups in total. The standard InChI is InChI=1S/C14H15NO4/c16-13(15-5-7-18-8-6-15)9-11-10-3-1-2-4-12(10)19-14(11)17/h1-4,11H,5-9H2. The van der Waals surface area contributed by atoms with Crippen molar-refractivity contribution >= 4 is 11.9 Å². The van der Waals surface area contributed by atoms with Crippen LogP contribution in [0.25, 0.3) is 0 Å². The van der Waals surface area contributed by atoms with Gasteiger partial charge in [-0.25, -0.2) is 0 Å². The van der Waals surface area contributed by atoms with E-state index in [0.717, 1.165) is 5.56 Å². The summed E-state index contributed by atoms with van der Waals surface area (Å²) < 4.78 is 10.4. The lowest BCUT2D eigenvalue weighted by molar-refractivity contribution is -0.141. The number of amides is 1. The minimum atomic E-state index is -0.466. The van der Waals surface area contributed by atoms with Crippen molar-refractivity contribution in [2.75, 3.05) is 26.3 Å². The summed E-state index contributed by atoms with van der Waals surface area (Å²) in [5.41, 5.74) is 0.814. The predicted molar refractivity (Wildman–Crippen MR) is 66.8 cm³/mol. The molecule has 1 aromatic carbocycles. The quantitative estimate of drug-likeness (QED) is 0.587. The summed E-state index contributed by atoms with van der Waals surface area (Å²) in [6.07, 6.45) is 0.176. The summed E-state index contributed by atoms with van der Waals surface area (Å²) in [6.45, 7) is 2.33. The van der Waals surface area contributed by atoms with Gasteiger partial charge in [0, 0.05) is 25.1 Å². The van der Waals surface area contributed by atoms with Gasteiger partial charge in [0.15, 0.2) is 0 Å². The molecule has 2 aliphatic rings. The van der Waals surface area contributed by atoms with Crippen molar-refractivity contribution in [3.63, 3.8) is 0 Å². The molecule has 2 aliphatic heterocycles. The number of fused-ring (bicyclic) bond motifs is 1. The Hall–Kier alpha value is -1.88. The topological polar surface area (TPSA) is 55.8 Å². The van der Waals surface area contributed by atoms with Crippen LogP contribution in [0.4, 0.5) is 0 Å². The molecule has 1 atom stereocenters. The highest BCUT2D eigenvalue weighted by Crippen LogP contribution is 2.36. The molecule has 1 saturated heterocycles.